The van der Waals surface area contributed by atoms with Gasteiger partial charge in [-0.25, -0.2) is 9.79 Å². The number of allylic oxidation sites excluding steroid dienone is 2. The third-order valence-electron chi connectivity index (χ3n) is 4.96. The summed E-state index contributed by atoms with van der Waals surface area (Å²) in [6.07, 6.45) is 5.52. The molecule has 5 nitrogen and oxygen atoms in total. The van der Waals surface area contributed by atoms with Crippen LogP contribution in [0.4, 0.5) is 0 Å². The first-order chi connectivity index (χ1) is 15.0. The van der Waals surface area contributed by atoms with Crippen LogP contribution in [0.3, 0.4) is 0 Å². The average molecular weight is 451 g/mol. The molecule has 1 aromatic heterocycles. The third-order valence-corrected chi connectivity index (χ3v) is 6.31. The van der Waals surface area contributed by atoms with E-state index in [0.717, 1.165) is 5.56 Å². The first kappa shape index (κ1) is 21.0. The minimum atomic E-state index is -0.711. The highest BCUT2D eigenvalue weighted by atomic mass is 35.5. The fraction of sp³-hybridized carbons (Fsp3) is 0.125. The summed E-state index contributed by atoms with van der Waals surface area (Å²) in [6, 6.07) is 16.3. The maximum absolute atomic E-state index is 13.3. The number of halogens is 1. The van der Waals surface area contributed by atoms with E-state index in [4.69, 9.17) is 16.3 Å². The van der Waals surface area contributed by atoms with E-state index in [2.05, 4.69) is 4.99 Å². The largest absolute Gasteiger partial charge is 0.466 e. The molecular weight excluding hydrogens is 432 g/mol. The van der Waals surface area contributed by atoms with Crippen molar-refractivity contribution in [1.82, 2.24) is 4.57 Å². The zero-order valence-corrected chi connectivity index (χ0v) is 18.5. The van der Waals surface area contributed by atoms with E-state index in [1.165, 1.54) is 23.0 Å². The number of fused-ring (bicyclic) bond motifs is 1. The molecule has 0 fully saturated rings. The number of methoxy groups -OCH3 is 1. The van der Waals surface area contributed by atoms with E-state index in [1.807, 2.05) is 48.6 Å². The van der Waals surface area contributed by atoms with Gasteiger partial charge in [0.15, 0.2) is 4.80 Å². The molecule has 1 atom stereocenters. The molecule has 3 aromatic rings. The van der Waals surface area contributed by atoms with Crippen molar-refractivity contribution < 1.29 is 9.53 Å². The Bertz CT molecular complexity index is 1380. The Morgan fingerprint density at radius 2 is 1.87 bits per heavy atom. The normalized spacial score (nSPS) is 16.4. The quantitative estimate of drug-likeness (QED) is 0.569. The molecule has 0 spiro atoms. The lowest BCUT2D eigenvalue weighted by atomic mass is 9.96. The number of carbonyl (C=O) groups is 1. The second-order valence-corrected chi connectivity index (χ2v) is 8.30. The zero-order chi connectivity index (χ0) is 22.0. The van der Waals surface area contributed by atoms with Crippen LogP contribution in [0.1, 0.15) is 24.1 Å². The number of rotatable bonds is 4. The van der Waals surface area contributed by atoms with Crippen LogP contribution in [-0.2, 0) is 9.53 Å². The van der Waals surface area contributed by atoms with Gasteiger partial charge in [-0.15, -0.1) is 0 Å². The van der Waals surface area contributed by atoms with Gasteiger partial charge < -0.3 is 4.74 Å². The summed E-state index contributed by atoms with van der Waals surface area (Å²) in [5.41, 5.74) is 2.25. The summed E-state index contributed by atoms with van der Waals surface area (Å²) < 4.78 is 7.03. The van der Waals surface area contributed by atoms with Crippen LogP contribution in [0.15, 0.2) is 81.7 Å². The van der Waals surface area contributed by atoms with Gasteiger partial charge in [-0.05, 0) is 30.2 Å². The minimum Gasteiger partial charge on any atom is -0.466 e. The number of nitrogens with zero attached hydrogens (tertiary/aromatic N) is 2. The van der Waals surface area contributed by atoms with Gasteiger partial charge in [0.2, 0.25) is 0 Å². The van der Waals surface area contributed by atoms with E-state index in [1.54, 1.807) is 31.2 Å². The van der Waals surface area contributed by atoms with Crippen molar-refractivity contribution in [2.75, 3.05) is 7.11 Å². The topological polar surface area (TPSA) is 60.7 Å². The smallest absolute Gasteiger partial charge is 0.338 e. The van der Waals surface area contributed by atoms with Crippen molar-refractivity contribution in [1.29, 1.82) is 0 Å². The van der Waals surface area contributed by atoms with Crippen LogP contribution in [0.5, 0.6) is 0 Å². The van der Waals surface area contributed by atoms with Crippen LogP contribution in [0, 0.1) is 0 Å². The number of ether oxygens (including phenoxy) is 1. The standard InChI is InChI=1S/C24H19ClN2O3S/c1-15-20(23(29)30-2)21(17-12-6-7-13-18(17)25)27-22(28)19(31-24(27)26-15)14-8-11-16-9-4-3-5-10-16/h3-14,21H,1-2H3/b11-8+,19-14-. The zero-order valence-electron chi connectivity index (χ0n) is 16.9. The van der Waals surface area contributed by atoms with E-state index < -0.39 is 12.0 Å². The second kappa shape index (κ2) is 8.88. The molecule has 4 rings (SSSR count). The van der Waals surface area contributed by atoms with Crippen molar-refractivity contribution in [2.45, 2.75) is 13.0 Å². The summed E-state index contributed by atoms with van der Waals surface area (Å²) in [6.45, 7) is 1.74. The van der Waals surface area contributed by atoms with E-state index in [-0.39, 0.29) is 5.56 Å². The average Bonchev–Trinajstić information content (AvgIpc) is 3.08. The lowest BCUT2D eigenvalue weighted by Crippen LogP contribution is -2.39. The molecule has 0 N–H and O–H groups in total. The predicted octanol–water partition coefficient (Wildman–Crippen LogP) is 3.73. The molecule has 0 radical (unpaired) electrons. The number of hydrogen-bond donors (Lipinski definition) is 0. The molecule has 0 aliphatic carbocycles. The predicted molar refractivity (Wildman–Crippen MR) is 124 cm³/mol. The van der Waals surface area contributed by atoms with Crippen LogP contribution in [0.25, 0.3) is 12.2 Å². The first-order valence-electron chi connectivity index (χ1n) is 9.58. The van der Waals surface area contributed by atoms with Gasteiger partial charge in [0.25, 0.3) is 5.56 Å². The number of hydrogen-bond acceptors (Lipinski definition) is 5. The Morgan fingerprint density at radius 1 is 1.16 bits per heavy atom. The first-order valence-corrected chi connectivity index (χ1v) is 10.8. The Balaban J connectivity index is 1.90. The van der Waals surface area contributed by atoms with Crippen molar-refractivity contribution >= 4 is 41.1 Å². The summed E-state index contributed by atoms with van der Waals surface area (Å²) >= 11 is 7.73. The molecule has 31 heavy (non-hydrogen) atoms. The molecule has 0 saturated heterocycles. The van der Waals surface area contributed by atoms with Gasteiger partial charge >= 0.3 is 5.97 Å². The molecule has 1 aliphatic rings. The Morgan fingerprint density at radius 3 is 2.58 bits per heavy atom. The minimum absolute atomic E-state index is 0.236. The summed E-state index contributed by atoms with van der Waals surface area (Å²) in [7, 11) is 1.31. The van der Waals surface area contributed by atoms with Gasteiger partial charge in [-0.1, -0.05) is 83.6 Å². The van der Waals surface area contributed by atoms with Crippen LogP contribution >= 0.6 is 22.9 Å². The van der Waals surface area contributed by atoms with Crippen LogP contribution in [0.2, 0.25) is 5.02 Å². The third kappa shape index (κ3) is 4.04. The van der Waals surface area contributed by atoms with Crippen molar-refractivity contribution in [3.8, 4) is 0 Å². The van der Waals surface area contributed by atoms with Gasteiger partial charge in [0.1, 0.15) is 6.04 Å². The number of thiazole rings is 1. The van der Waals surface area contributed by atoms with Crippen LogP contribution in [-0.4, -0.2) is 17.6 Å². The fourth-order valence-electron chi connectivity index (χ4n) is 3.51. The van der Waals surface area contributed by atoms with Gasteiger partial charge in [0, 0.05) is 5.02 Å². The molecule has 0 saturated carbocycles. The molecule has 156 valence electrons. The maximum Gasteiger partial charge on any atom is 0.338 e. The summed E-state index contributed by atoms with van der Waals surface area (Å²) in [5.74, 6) is -0.538. The van der Waals surface area contributed by atoms with Gasteiger partial charge in [0.05, 0.1) is 22.9 Å². The highest BCUT2D eigenvalue weighted by Crippen LogP contribution is 2.34. The highest BCUT2D eigenvalue weighted by Gasteiger charge is 2.34. The molecular formula is C24H19ClN2O3S. The monoisotopic (exact) mass is 450 g/mol. The molecule has 2 heterocycles. The molecule has 0 bridgehead atoms. The van der Waals surface area contributed by atoms with E-state index in [0.29, 0.717) is 31.2 Å². The summed E-state index contributed by atoms with van der Waals surface area (Å²) in [4.78, 5) is 31.0. The van der Waals surface area contributed by atoms with Crippen molar-refractivity contribution in [2.24, 2.45) is 4.99 Å². The van der Waals surface area contributed by atoms with E-state index in [9.17, 15) is 9.59 Å². The van der Waals surface area contributed by atoms with E-state index >= 15 is 0 Å². The fourth-order valence-corrected chi connectivity index (χ4v) is 4.75. The lowest BCUT2D eigenvalue weighted by Gasteiger charge is -2.25. The number of benzene rings is 2. The summed E-state index contributed by atoms with van der Waals surface area (Å²) in [5, 5.41) is 0.460. The maximum atomic E-state index is 13.3. The Hall–Kier alpha value is -3.22. The number of carbonyl (C=O) groups excluding carboxylic acids is 1. The SMILES string of the molecule is COC(=O)C1=C(C)N=c2s/c(=C\C=C\c3ccccc3)c(=O)n2C1c1ccccc1Cl. The Kier molecular flexibility index (Phi) is 6.02. The second-order valence-electron chi connectivity index (χ2n) is 6.89. The number of esters is 1. The number of aromatic nitrogens is 1. The van der Waals surface area contributed by atoms with Gasteiger partial charge in [-0.2, -0.15) is 0 Å². The van der Waals surface area contributed by atoms with Crippen LogP contribution < -0.4 is 14.9 Å². The molecule has 7 heteroatoms. The lowest BCUT2D eigenvalue weighted by molar-refractivity contribution is -0.136. The molecule has 1 aliphatic heterocycles. The van der Waals surface area contributed by atoms with Gasteiger partial charge in [-0.3, -0.25) is 9.36 Å². The molecule has 0 amide bonds. The highest BCUT2D eigenvalue weighted by molar-refractivity contribution is 7.07. The molecule has 2 aromatic carbocycles. The Labute approximate surface area is 187 Å². The van der Waals surface area contributed by atoms with Crippen molar-refractivity contribution in [3.05, 3.63) is 108 Å². The van der Waals surface area contributed by atoms with Crippen molar-refractivity contribution in [3.63, 3.8) is 0 Å². The molecule has 1 unspecified atom stereocenters.